The third-order valence-electron chi connectivity index (χ3n) is 2.77. The molecule has 2 nitrogen and oxygen atoms in total. The van der Waals surface area contributed by atoms with Crippen molar-refractivity contribution in [3.05, 3.63) is 27.6 Å². The number of hydrogen-bond acceptors (Lipinski definition) is 2. The molecule has 1 heterocycles. The Morgan fingerprint density at radius 3 is 3.06 bits per heavy atom. The van der Waals surface area contributed by atoms with Crippen LogP contribution in [0.15, 0.2) is 18.2 Å². The van der Waals surface area contributed by atoms with E-state index in [1.807, 2.05) is 0 Å². The predicted molar refractivity (Wildman–Crippen MR) is 71.1 cm³/mol. The molecule has 0 spiro atoms. The molecule has 1 aliphatic heterocycles. The maximum absolute atomic E-state index is 12.9. The van der Waals surface area contributed by atoms with E-state index in [2.05, 4.69) is 27.9 Å². The van der Waals surface area contributed by atoms with Gasteiger partial charge in [0.1, 0.15) is 5.82 Å². The molecule has 16 heavy (non-hydrogen) atoms. The minimum Gasteiger partial charge on any atom is -0.384 e. The molecule has 0 radical (unpaired) electrons. The van der Waals surface area contributed by atoms with E-state index in [4.69, 9.17) is 4.74 Å². The molecule has 1 aromatic rings. The lowest BCUT2D eigenvalue weighted by Gasteiger charge is -2.23. The Morgan fingerprint density at radius 2 is 2.38 bits per heavy atom. The molecule has 1 aromatic carbocycles. The predicted octanol–water partition coefficient (Wildman–Crippen LogP) is 3.27. The van der Waals surface area contributed by atoms with Crippen LogP contribution in [0.1, 0.15) is 12.8 Å². The fourth-order valence-corrected chi connectivity index (χ4v) is 2.52. The summed E-state index contributed by atoms with van der Waals surface area (Å²) in [6.45, 7) is 2.64. The molecule has 0 aromatic heterocycles. The van der Waals surface area contributed by atoms with Crippen molar-refractivity contribution in [1.29, 1.82) is 0 Å². The number of anilines is 1. The zero-order valence-corrected chi connectivity index (χ0v) is 11.2. The molecule has 1 unspecified atom stereocenters. The molecule has 0 saturated carbocycles. The summed E-state index contributed by atoms with van der Waals surface area (Å²) in [6, 6.07) is 4.82. The second kappa shape index (κ2) is 5.82. The largest absolute Gasteiger partial charge is 0.384 e. The highest BCUT2D eigenvalue weighted by atomic mass is 127. The first-order chi connectivity index (χ1) is 7.75. The monoisotopic (exact) mass is 335 g/mol. The maximum Gasteiger partial charge on any atom is 0.124 e. The Bertz CT molecular complexity index is 353. The van der Waals surface area contributed by atoms with Crippen LogP contribution in [0.2, 0.25) is 0 Å². The summed E-state index contributed by atoms with van der Waals surface area (Å²) in [5.74, 6) is 0.394. The molecule has 0 aliphatic carbocycles. The van der Waals surface area contributed by atoms with Gasteiger partial charge in [-0.05, 0) is 59.5 Å². The summed E-state index contributed by atoms with van der Waals surface area (Å²) < 4.78 is 19.2. The molecule has 2 rings (SSSR count). The van der Waals surface area contributed by atoms with E-state index in [0.29, 0.717) is 5.92 Å². The highest BCUT2D eigenvalue weighted by Gasteiger charge is 2.13. The lowest BCUT2D eigenvalue weighted by atomic mass is 10.0. The van der Waals surface area contributed by atoms with Crippen molar-refractivity contribution in [2.45, 2.75) is 12.8 Å². The minimum absolute atomic E-state index is 0.184. The van der Waals surface area contributed by atoms with E-state index in [9.17, 15) is 4.39 Å². The number of ether oxygens (including phenoxy) is 1. The van der Waals surface area contributed by atoms with E-state index in [1.54, 1.807) is 12.1 Å². The van der Waals surface area contributed by atoms with Crippen LogP contribution in [0.4, 0.5) is 10.1 Å². The Morgan fingerprint density at radius 1 is 1.50 bits per heavy atom. The number of benzene rings is 1. The number of hydrogen-bond donors (Lipinski definition) is 1. The average molecular weight is 335 g/mol. The third kappa shape index (κ3) is 3.31. The van der Waals surface area contributed by atoms with Crippen molar-refractivity contribution in [3.63, 3.8) is 0 Å². The first kappa shape index (κ1) is 12.1. The zero-order chi connectivity index (χ0) is 11.4. The van der Waals surface area contributed by atoms with Crippen LogP contribution in [0, 0.1) is 15.3 Å². The van der Waals surface area contributed by atoms with Crippen LogP contribution in [0.25, 0.3) is 0 Å². The topological polar surface area (TPSA) is 21.3 Å². The van der Waals surface area contributed by atoms with Gasteiger partial charge in [-0.1, -0.05) is 0 Å². The quantitative estimate of drug-likeness (QED) is 0.856. The standard InChI is InChI=1S/C12H15FINO/c13-10-3-4-12(11(14)6-10)15-7-9-2-1-5-16-8-9/h3-4,6,9,15H,1-2,5,7-8H2. The SMILES string of the molecule is Fc1ccc(NCC2CCCOC2)c(I)c1. The second-order valence-electron chi connectivity index (χ2n) is 4.09. The number of rotatable bonds is 3. The minimum atomic E-state index is -0.184. The first-order valence-electron chi connectivity index (χ1n) is 5.52. The molecule has 1 atom stereocenters. The van der Waals surface area contributed by atoms with Gasteiger partial charge >= 0.3 is 0 Å². The van der Waals surface area contributed by atoms with Gasteiger partial charge in [0.25, 0.3) is 0 Å². The Balaban J connectivity index is 1.88. The van der Waals surface area contributed by atoms with Crippen molar-refractivity contribution in [2.75, 3.05) is 25.1 Å². The molecule has 0 bridgehead atoms. The summed E-state index contributed by atoms with van der Waals surface area (Å²) >= 11 is 2.15. The zero-order valence-electron chi connectivity index (χ0n) is 9.01. The Labute approximate surface area is 109 Å². The highest BCUT2D eigenvalue weighted by molar-refractivity contribution is 14.1. The fraction of sp³-hybridized carbons (Fsp3) is 0.500. The van der Waals surface area contributed by atoms with Crippen LogP contribution in [0.3, 0.4) is 0 Å². The van der Waals surface area contributed by atoms with Gasteiger partial charge < -0.3 is 10.1 Å². The second-order valence-corrected chi connectivity index (χ2v) is 5.25. The Hall–Kier alpha value is -0.360. The lowest BCUT2D eigenvalue weighted by molar-refractivity contribution is 0.0595. The van der Waals surface area contributed by atoms with Gasteiger partial charge in [0.2, 0.25) is 0 Å². The molecule has 1 aliphatic rings. The summed E-state index contributed by atoms with van der Waals surface area (Å²) in [5, 5.41) is 3.36. The van der Waals surface area contributed by atoms with Crippen LogP contribution in [-0.2, 0) is 4.74 Å². The summed E-state index contributed by atoms with van der Waals surface area (Å²) in [7, 11) is 0. The molecule has 4 heteroatoms. The van der Waals surface area contributed by atoms with Gasteiger partial charge in [-0.15, -0.1) is 0 Å². The van der Waals surface area contributed by atoms with Gasteiger partial charge in [-0.25, -0.2) is 4.39 Å². The lowest BCUT2D eigenvalue weighted by Crippen LogP contribution is -2.24. The van der Waals surface area contributed by atoms with Crippen LogP contribution in [-0.4, -0.2) is 19.8 Å². The van der Waals surface area contributed by atoms with Crippen molar-refractivity contribution < 1.29 is 9.13 Å². The van der Waals surface area contributed by atoms with E-state index >= 15 is 0 Å². The third-order valence-corrected chi connectivity index (χ3v) is 3.66. The van der Waals surface area contributed by atoms with Crippen molar-refractivity contribution in [2.24, 2.45) is 5.92 Å². The van der Waals surface area contributed by atoms with Crippen molar-refractivity contribution in [1.82, 2.24) is 0 Å². The van der Waals surface area contributed by atoms with Crippen LogP contribution >= 0.6 is 22.6 Å². The normalized spacial score (nSPS) is 20.8. The van der Waals surface area contributed by atoms with Crippen molar-refractivity contribution >= 4 is 28.3 Å². The van der Waals surface area contributed by atoms with Gasteiger partial charge in [-0.3, -0.25) is 0 Å². The van der Waals surface area contributed by atoms with Crippen LogP contribution in [0.5, 0.6) is 0 Å². The maximum atomic E-state index is 12.9. The van der Waals surface area contributed by atoms with Gasteiger partial charge in [0, 0.05) is 22.4 Å². The van der Waals surface area contributed by atoms with E-state index in [-0.39, 0.29) is 5.82 Å². The fourth-order valence-electron chi connectivity index (χ4n) is 1.86. The molecule has 1 fully saturated rings. The first-order valence-corrected chi connectivity index (χ1v) is 6.60. The molecular formula is C12H15FINO. The summed E-state index contributed by atoms with van der Waals surface area (Å²) in [5.41, 5.74) is 1.01. The van der Waals surface area contributed by atoms with Gasteiger partial charge in [0.05, 0.1) is 6.61 Å². The van der Waals surface area contributed by atoms with E-state index in [1.165, 1.54) is 12.5 Å². The molecule has 1 saturated heterocycles. The summed E-state index contributed by atoms with van der Waals surface area (Å²) in [6.07, 6.45) is 2.36. The highest BCUT2D eigenvalue weighted by Crippen LogP contribution is 2.20. The number of halogens is 2. The molecular weight excluding hydrogens is 320 g/mol. The molecule has 88 valence electrons. The summed E-state index contributed by atoms with van der Waals surface area (Å²) in [4.78, 5) is 0. The number of nitrogens with one attached hydrogen (secondary N) is 1. The van der Waals surface area contributed by atoms with Crippen molar-refractivity contribution in [3.8, 4) is 0 Å². The van der Waals surface area contributed by atoms with Crippen LogP contribution < -0.4 is 5.32 Å². The Kier molecular flexibility index (Phi) is 4.40. The molecule has 1 N–H and O–H groups in total. The van der Waals surface area contributed by atoms with Gasteiger partial charge in [-0.2, -0.15) is 0 Å². The molecule has 0 amide bonds. The van der Waals surface area contributed by atoms with Gasteiger partial charge in [0.15, 0.2) is 0 Å². The average Bonchev–Trinajstić information content (AvgIpc) is 2.29. The smallest absolute Gasteiger partial charge is 0.124 e. The van der Waals surface area contributed by atoms with E-state index in [0.717, 1.165) is 35.4 Å². The van der Waals surface area contributed by atoms with E-state index < -0.39 is 0 Å².